The van der Waals surface area contributed by atoms with Gasteiger partial charge in [-0.05, 0) is 36.4 Å². The predicted octanol–water partition coefficient (Wildman–Crippen LogP) is 2.76. The summed E-state index contributed by atoms with van der Waals surface area (Å²) in [4.78, 5) is 11.9. The second-order valence-corrected chi connectivity index (χ2v) is 7.20. The van der Waals surface area contributed by atoms with Gasteiger partial charge in [0.05, 0.1) is 4.90 Å². The topological polar surface area (TPSA) is 75.3 Å². The summed E-state index contributed by atoms with van der Waals surface area (Å²) in [5.74, 6) is -0.252. The van der Waals surface area contributed by atoms with Crippen LogP contribution in [-0.2, 0) is 14.8 Å². The van der Waals surface area contributed by atoms with Crippen LogP contribution in [0.3, 0.4) is 0 Å². The molecule has 0 spiro atoms. The molecule has 22 heavy (non-hydrogen) atoms. The summed E-state index contributed by atoms with van der Waals surface area (Å²) in [6.45, 7) is 0.0413. The van der Waals surface area contributed by atoms with Crippen LogP contribution in [0.25, 0.3) is 0 Å². The van der Waals surface area contributed by atoms with Gasteiger partial charge in [-0.15, -0.1) is 0 Å². The third kappa shape index (κ3) is 4.94. The lowest BCUT2D eigenvalue weighted by Crippen LogP contribution is -2.27. The van der Waals surface area contributed by atoms with Crippen molar-refractivity contribution in [1.82, 2.24) is 4.72 Å². The van der Waals surface area contributed by atoms with Crippen LogP contribution in [0.15, 0.2) is 64.0 Å². The van der Waals surface area contributed by atoms with Gasteiger partial charge in [0.15, 0.2) is 0 Å². The number of hydrogen-bond donors (Lipinski definition) is 2. The van der Waals surface area contributed by atoms with E-state index in [1.807, 2.05) is 12.1 Å². The molecule has 0 atom stereocenters. The SMILES string of the molecule is O=C(CCNS(=O)(=O)c1ccccc1)Nc1ccc(Br)cc1. The predicted molar refractivity (Wildman–Crippen MR) is 89.0 cm³/mol. The van der Waals surface area contributed by atoms with Crippen LogP contribution >= 0.6 is 15.9 Å². The number of halogens is 1. The minimum absolute atomic E-state index is 0.0413. The van der Waals surface area contributed by atoms with E-state index in [1.165, 1.54) is 12.1 Å². The quantitative estimate of drug-likeness (QED) is 0.806. The number of rotatable bonds is 6. The molecular weight excluding hydrogens is 368 g/mol. The van der Waals surface area contributed by atoms with Gasteiger partial charge in [-0.25, -0.2) is 13.1 Å². The first-order valence-corrected chi connectivity index (χ1v) is 8.85. The molecule has 0 aliphatic heterocycles. The van der Waals surface area contributed by atoms with Crippen molar-refractivity contribution in [2.75, 3.05) is 11.9 Å². The smallest absolute Gasteiger partial charge is 0.240 e. The fourth-order valence-electron chi connectivity index (χ4n) is 1.74. The van der Waals surface area contributed by atoms with E-state index < -0.39 is 10.0 Å². The average molecular weight is 383 g/mol. The van der Waals surface area contributed by atoms with Gasteiger partial charge in [0, 0.05) is 23.1 Å². The van der Waals surface area contributed by atoms with E-state index in [1.54, 1.807) is 30.3 Å². The van der Waals surface area contributed by atoms with Gasteiger partial charge in [-0.2, -0.15) is 0 Å². The summed E-state index contributed by atoms with van der Waals surface area (Å²) in [7, 11) is -3.57. The molecular formula is C15H15BrN2O3S. The Morgan fingerprint density at radius 3 is 2.27 bits per heavy atom. The monoisotopic (exact) mass is 382 g/mol. The number of nitrogens with one attached hydrogen (secondary N) is 2. The number of carbonyl (C=O) groups excluding carboxylic acids is 1. The molecule has 0 aliphatic rings. The number of sulfonamides is 1. The van der Waals surface area contributed by atoms with Gasteiger partial charge < -0.3 is 5.32 Å². The Bertz CT molecular complexity index is 731. The first kappa shape index (κ1) is 16.7. The summed E-state index contributed by atoms with van der Waals surface area (Å²) < 4.78 is 27.2. The van der Waals surface area contributed by atoms with Crippen LogP contribution in [0.5, 0.6) is 0 Å². The number of hydrogen-bond acceptors (Lipinski definition) is 3. The first-order valence-electron chi connectivity index (χ1n) is 6.57. The van der Waals surface area contributed by atoms with E-state index in [0.29, 0.717) is 5.69 Å². The van der Waals surface area contributed by atoms with Gasteiger partial charge in [-0.1, -0.05) is 34.1 Å². The molecule has 0 saturated carbocycles. The van der Waals surface area contributed by atoms with E-state index in [0.717, 1.165) is 4.47 Å². The van der Waals surface area contributed by atoms with Crippen molar-refractivity contribution in [3.63, 3.8) is 0 Å². The van der Waals surface area contributed by atoms with Crippen molar-refractivity contribution < 1.29 is 13.2 Å². The zero-order valence-corrected chi connectivity index (χ0v) is 14.0. The van der Waals surface area contributed by atoms with Gasteiger partial charge in [0.2, 0.25) is 15.9 Å². The number of anilines is 1. The highest BCUT2D eigenvalue weighted by atomic mass is 79.9. The lowest BCUT2D eigenvalue weighted by atomic mass is 10.3. The van der Waals surface area contributed by atoms with E-state index in [9.17, 15) is 13.2 Å². The molecule has 2 aromatic rings. The van der Waals surface area contributed by atoms with Crippen LogP contribution in [0, 0.1) is 0 Å². The molecule has 0 aliphatic carbocycles. The third-order valence-corrected chi connectivity index (χ3v) is 4.83. The van der Waals surface area contributed by atoms with Crippen molar-refractivity contribution in [2.45, 2.75) is 11.3 Å². The molecule has 0 fully saturated rings. The molecule has 0 aromatic heterocycles. The van der Waals surface area contributed by atoms with Gasteiger partial charge in [-0.3, -0.25) is 4.79 Å². The summed E-state index contributed by atoms with van der Waals surface area (Å²) in [6.07, 6.45) is 0.0577. The van der Waals surface area contributed by atoms with E-state index in [2.05, 4.69) is 26.0 Å². The minimum atomic E-state index is -3.57. The molecule has 0 saturated heterocycles. The van der Waals surface area contributed by atoms with Crippen LogP contribution in [-0.4, -0.2) is 20.9 Å². The largest absolute Gasteiger partial charge is 0.326 e. The number of amides is 1. The molecule has 0 radical (unpaired) electrons. The fourth-order valence-corrected chi connectivity index (χ4v) is 3.06. The second kappa shape index (κ2) is 7.53. The summed E-state index contributed by atoms with van der Waals surface area (Å²) in [5, 5.41) is 2.70. The van der Waals surface area contributed by atoms with E-state index >= 15 is 0 Å². The van der Waals surface area contributed by atoms with Gasteiger partial charge in [0.1, 0.15) is 0 Å². The Kier molecular flexibility index (Phi) is 5.70. The molecule has 116 valence electrons. The Balaban J connectivity index is 1.83. The Labute approximate surface area is 137 Å². The third-order valence-electron chi connectivity index (χ3n) is 2.83. The van der Waals surface area contributed by atoms with E-state index in [-0.39, 0.29) is 23.8 Å². The van der Waals surface area contributed by atoms with Crippen molar-refractivity contribution in [1.29, 1.82) is 0 Å². The normalized spacial score (nSPS) is 11.1. The molecule has 5 nitrogen and oxygen atoms in total. The maximum absolute atomic E-state index is 12.0. The zero-order valence-electron chi connectivity index (χ0n) is 11.6. The first-order chi connectivity index (χ1) is 10.5. The summed E-state index contributed by atoms with van der Waals surface area (Å²) >= 11 is 3.31. The molecule has 0 bridgehead atoms. The van der Waals surface area contributed by atoms with Crippen LogP contribution in [0.4, 0.5) is 5.69 Å². The van der Waals surface area contributed by atoms with E-state index in [4.69, 9.17) is 0 Å². The minimum Gasteiger partial charge on any atom is -0.326 e. The second-order valence-electron chi connectivity index (χ2n) is 4.52. The lowest BCUT2D eigenvalue weighted by molar-refractivity contribution is -0.116. The van der Waals surface area contributed by atoms with Crippen LogP contribution in [0.2, 0.25) is 0 Å². The number of carbonyl (C=O) groups is 1. The molecule has 0 unspecified atom stereocenters. The maximum Gasteiger partial charge on any atom is 0.240 e. The Hall–Kier alpha value is -1.70. The van der Waals surface area contributed by atoms with Crippen molar-refractivity contribution in [3.05, 3.63) is 59.1 Å². The lowest BCUT2D eigenvalue weighted by Gasteiger charge is -2.07. The molecule has 2 N–H and O–H groups in total. The van der Waals surface area contributed by atoms with Gasteiger partial charge >= 0.3 is 0 Å². The van der Waals surface area contributed by atoms with Crippen molar-refractivity contribution in [3.8, 4) is 0 Å². The van der Waals surface area contributed by atoms with Crippen LogP contribution in [0.1, 0.15) is 6.42 Å². The number of benzene rings is 2. The summed E-state index contributed by atoms with van der Waals surface area (Å²) in [5.41, 5.74) is 0.666. The van der Waals surface area contributed by atoms with Crippen LogP contribution < -0.4 is 10.0 Å². The molecule has 2 aromatic carbocycles. The fraction of sp³-hybridized carbons (Fsp3) is 0.133. The standard InChI is InChI=1S/C15H15BrN2O3S/c16-12-6-8-13(9-7-12)18-15(19)10-11-17-22(20,21)14-4-2-1-3-5-14/h1-9,17H,10-11H2,(H,18,19). The Morgan fingerprint density at radius 2 is 1.64 bits per heavy atom. The highest BCUT2D eigenvalue weighted by Crippen LogP contribution is 2.14. The van der Waals surface area contributed by atoms with Crippen molar-refractivity contribution in [2.24, 2.45) is 0 Å². The highest BCUT2D eigenvalue weighted by Gasteiger charge is 2.13. The van der Waals surface area contributed by atoms with Crippen molar-refractivity contribution >= 4 is 37.5 Å². The van der Waals surface area contributed by atoms with Gasteiger partial charge in [0.25, 0.3) is 0 Å². The molecule has 1 amide bonds. The zero-order chi connectivity index (χ0) is 16.0. The molecule has 0 heterocycles. The summed E-state index contributed by atoms with van der Waals surface area (Å²) in [6, 6.07) is 15.2. The Morgan fingerprint density at radius 1 is 1.00 bits per heavy atom. The highest BCUT2D eigenvalue weighted by molar-refractivity contribution is 9.10. The average Bonchev–Trinajstić information content (AvgIpc) is 2.50. The molecule has 2 rings (SSSR count). The maximum atomic E-state index is 12.0. The molecule has 7 heteroatoms.